The molecule has 2 saturated heterocycles. The molecule has 2 nitrogen and oxygen atoms in total. The van der Waals surface area contributed by atoms with Crippen LogP contribution < -0.4 is 10.6 Å². The summed E-state index contributed by atoms with van der Waals surface area (Å²) in [5.74, 6) is 2.71. The maximum Gasteiger partial charge on any atom is 0.0193 e. The van der Waals surface area contributed by atoms with Gasteiger partial charge in [0.1, 0.15) is 0 Å². The van der Waals surface area contributed by atoms with E-state index in [1.54, 1.807) is 0 Å². The Morgan fingerprint density at radius 1 is 1.23 bits per heavy atom. The van der Waals surface area contributed by atoms with Crippen LogP contribution in [0, 0.1) is 0 Å². The Morgan fingerprint density at radius 2 is 2.08 bits per heavy atom. The van der Waals surface area contributed by atoms with E-state index in [2.05, 4.69) is 22.4 Å². The van der Waals surface area contributed by atoms with Crippen LogP contribution in [0.5, 0.6) is 0 Å². The zero-order chi connectivity index (χ0) is 8.93. The molecule has 2 N–H and O–H groups in total. The first-order valence-electron chi connectivity index (χ1n) is 5.49. The van der Waals surface area contributed by atoms with E-state index in [1.807, 2.05) is 0 Å². The Morgan fingerprint density at radius 3 is 2.77 bits per heavy atom. The summed E-state index contributed by atoms with van der Waals surface area (Å²) in [5, 5.41) is 7.22. The quantitative estimate of drug-likeness (QED) is 0.716. The standard InChI is InChI=1S/C10H20N2S/c1-2-10(11-5-1)8-12-9-3-6-13-7-4-9/h9-12H,1-8H2. The number of hydrogen-bond donors (Lipinski definition) is 2. The molecule has 0 amide bonds. The van der Waals surface area contributed by atoms with E-state index in [9.17, 15) is 0 Å². The molecule has 0 aromatic carbocycles. The van der Waals surface area contributed by atoms with E-state index in [-0.39, 0.29) is 0 Å². The number of rotatable bonds is 3. The molecule has 0 bridgehead atoms. The van der Waals surface area contributed by atoms with Gasteiger partial charge >= 0.3 is 0 Å². The van der Waals surface area contributed by atoms with Gasteiger partial charge in [0.05, 0.1) is 0 Å². The number of thioether (sulfide) groups is 1. The number of nitrogens with one attached hydrogen (secondary N) is 2. The third kappa shape index (κ3) is 3.15. The highest BCUT2D eigenvalue weighted by Crippen LogP contribution is 2.17. The molecule has 0 radical (unpaired) electrons. The topological polar surface area (TPSA) is 24.1 Å². The molecular formula is C10H20N2S. The minimum Gasteiger partial charge on any atom is -0.313 e. The van der Waals surface area contributed by atoms with Gasteiger partial charge in [-0.3, -0.25) is 0 Å². The lowest BCUT2D eigenvalue weighted by molar-refractivity contribution is 0.440. The Kier molecular flexibility index (Phi) is 3.94. The molecule has 3 heteroatoms. The molecule has 13 heavy (non-hydrogen) atoms. The summed E-state index contributed by atoms with van der Waals surface area (Å²) in [5.41, 5.74) is 0. The van der Waals surface area contributed by atoms with Gasteiger partial charge in [0, 0.05) is 18.6 Å². The van der Waals surface area contributed by atoms with Crippen LogP contribution in [-0.4, -0.2) is 36.7 Å². The zero-order valence-corrected chi connectivity index (χ0v) is 9.04. The SMILES string of the molecule is C1CNC(CNC2CCSCC2)C1. The second-order valence-electron chi connectivity index (χ2n) is 4.09. The first-order chi connectivity index (χ1) is 6.45. The second kappa shape index (κ2) is 5.23. The average molecular weight is 200 g/mol. The van der Waals surface area contributed by atoms with Crippen molar-refractivity contribution in [3.05, 3.63) is 0 Å². The minimum absolute atomic E-state index is 0.759. The lowest BCUT2D eigenvalue weighted by Crippen LogP contribution is -2.41. The van der Waals surface area contributed by atoms with Gasteiger partial charge in [-0.1, -0.05) is 0 Å². The summed E-state index contributed by atoms with van der Waals surface area (Å²) in [6.07, 6.45) is 5.48. The van der Waals surface area contributed by atoms with Crippen molar-refractivity contribution in [2.75, 3.05) is 24.6 Å². The molecule has 76 valence electrons. The van der Waals surface area contributed by atoms with Crippen molar-refractivity contribution in [1.82, 2.24) is 10.6 Å². The molecule has 1 unspecified atom stereocenters. The van der Waals surface area contributed by atoms with Crippen molar-refractivity contribution in [2.24, 2.45) is 0 Å². The lowest BCUT2D eigenvalue weighted by Gasteiger charge is -2.24. The fourth-order valence-corrected chi connectivity index (χ4v) is 3.25. The van der Waals surface area contributed by atoms with Crippen LogP contribution in [-0.2, 0) is 0 Å². The van der Waals surface area contributed by atoms with Crippen LogP contribution in [0.25, 0.3) is 0 Å². The van der Waals surface area contributed by atoms with E-state index < -0.39 is 0 Å². The van der Waals surface area contributed by atoms with Crippen LogP contribution in [0.4, 0.5) is 0 Å². The monoisotopic (exact) mass is 200 g/mol. The summed E-state index contributed by atoms with van der Waals surface area (Å²) < 4.78 is 0. The zero-order valence-electron chi connectivity index (χ0n) is 8.22. The Labute approximate surface area is 85.2 Å². The Bertz CT molecular complexity index is 140. The van der Waals surface area contributed by atoms with Crippen LogP contribution >= 0.6 is 11.8 Å². The molecule has 2 aliphatic rings. The predicted octanol–water partition coefficient (Wildman–Crippen LogP) is 1.22. The molecule has 0 spiro atoms. The van der Waals surface area contributed by atoms with Crippen LogP contribution in [0.3, 0.4) is 0 Å². The summed E-state index contributed by atoms with van der Waals surface area (Å²) in [4.78, 5) is 0. The molecule has 2 heterocycles. The van der Waals surface area contributed by atoms with Gasteiger partial charge in [0.2, 0.25) is 0 Å². The average Bonchev–Trinajstić information content (AvgIpc) is 2.69. The van der Waals surface area contributed by atoms with E-state index in [4.69, 9.17) is 0 Å². The summed E-state index contributed by atoms with van der Waals surface area (Å²) in [6.45, 7) is 2.42. The maximum atomic E-state index is 3.69. The normalized spacial score (nSPS) is 30.9. The molecule has 2 fully saturated rings. The summed E-state index contributed by atoms with van der Waals surface area (Å²) in [7, 11) is 0. The van der Waals surface area contributed by atoms with Crippen molar-refractivity contribution < 1.29 is 0 Å². The van der Waals surface area contributed by atoms with E-state index in [0.29, 0.717) is 0 Å². The van der Waals surface area contributed by atoms with Gasteiger partial charge < -0.3 is 10.6 Å². The first kappa shape index (κ1) is 9.81. The Balaban J connectivity index is 1.60. The van der Waals surface area contributed by atoms with Crippen LogP contribution in [0.2, 0.25) is 0 Å². The maximum absolute atomic E-state index is 3.69. The van der Waals surface area contributed by atoms with Crippen molar-refractivity contribution in [1.29, 1.82) is 0 Å². The van der Waals surface area contributed by atoms with Crippen LogP contribution in [0.1, 0.15) is 25.7 Å². The third-order valence-electron chi connectivity index (χ3n) is 3.04. The van der Waals surface area contributed by atoms with Crippen molar-refractivity contribution in [3.8, 4) is 0 Å². The third-order valence-corrected chi connectivity index (χ3v) is 4.09. The Hall–Kier alpha value is 0.270. The fourth-order valence-electron chi connectivity index (χ4n) is 2.14. The second-order valence-corrected chi connectivity index (χ2v) is 5.31. The smallest absolute Gasteiger partial charge is 0.0193 e. The largest absolute Gasteiger partial charge is 0.313 e. The van der Waals surface area contributed by atoms with Crippen LogP contribution in [0.15, 0.2) is 0 Å². The highest BCUT2D eigenvalue weighted by atomic mass is 32.2. The highest BCUT2D eigenvalue weighted by molar-refractivity contribution is 7.99. The summed E-state index contributed by atoms with van der Waals surface area (Å²) in [6, 6.07) is 1.57. The first-order valence-corrected chi connectivity index (χ1v) is 6.65. The molecule has 2 rings (SSSR count). The molecule has 0 aromatic rings. The van der Waals surface area contributed by atoms with Gasteiger partial charge in [-0.2, -0.15) is 11.8 Å². The lowest BCUT2D eigenvalue weighted by atomic mass is 10.1. The minimum atomic E-state index is 0.759. The van der Waals surface area contributed by atoms with Gasteiger partial charge in [-0.15, -0.1) is 0 Å². The highest BCUT2D eigenvalue weighted by Gasteiger charge is 2.17. The van der Waals surface area contributed by atoms with Crippen molar-refractivity contribution in [2.45, 2.75) is 37.8 Å². The van der Waals surface area contributed by atoms with E-state index in [1.165, 1.54) is 50.3 Å². The summed E-state index contributed by atoms with van der Waals surface area (Å²) >= 11 is 2.10. The predicted molar refractivity (Wildman–Crippen MR) is 59.4 cm³/mol. The van der Waals surface area contributed by atoms with E-state index in [0.717, 1.165) is 12.1 Å². The molecule has 0 saturated carbocycles. The number of hydrogen-bond acceptors (Lipinski definition) is 3. The van der Waals surface area contributed by atoms with Gasteiger partial charge in [0.25, 0.3) is 0 Å². The van der Waals surface area contributed by atoms with Gasteiger partial charge in [0.15, 0.2) is 0 Å². The fraction of sp³-hybridized carbons (Fsp3) is 1.00. The van der Waals surface area contributed by atoms with E-state index >= 15 is 0 Å². The molecule has 0 aliphatic carbocycles. The molecular weight excluding hydrogens is 180 g/mol. The van der Waals surface area contributed by atoms with Gasteiger partial charge in [-0.05, 0) is 43.7 Å². The van der Waals surface area contributed by atoms with Gasteiger partial charge in [-0.25, -0.2) is 0 Å². The molecule has 0 aromatic heterocycles. The van der Waals surface area contributed by atoms with Crippen molar-refractivity contribution >= 4 is 11.8 Å². The van der Waals surface area contributed by atoms with Crippen molar-refractivity contribution in [3.63, 3.8) is 0 Å². The molecule has 2 aliphatic heterocycles. The molecule has 1 atom stereocenters.